The molecule has 0 bridgehead atoms. The fourth-order valence-corrected chi connectivity index (χ4v) is 1.67. The number of carbonyl (C=O) groups excluding carboxylic acids is 1. The number of carbonyl (C=O) groups is 1. The van der Waals surface area contributed by atoms with Crippen LogP contribution in [0.5, 0.6) is 0 Å². The van der Waals surface area contributed by atoms with Crippen molar-refractivity contribution in [1.82, 2.24) is 5.32 Å². The number of halogens is 4. The summed E-state index contributed by atoms with van der Waals surface area (Å²) < 4.78 is 37.3. The molecule has 0 unspecified atom stereocenters. The molecule has 0 heterocycles. The van der Waals surface area contributed by atoms with Gasteiger partial charge in [-0.1, -0.05) is 11.6 Å². The van der Waals surface area contributed by atoms with E-state index in [0.717, 1.165) is 18.2 Å². The van der Waals surface area contributed by atoms with Crippen molar-refractivity contribution in [2.45, 2.75) is 25.6 Å². The minimum Gasteiger partial charge on any atom is -0.396 e. The summed E-state index contributed by atoms with van der Waals surface area (Å²) in [6, 6.07) is 1.79. The van der Waals surface area contributed by atoms with Crippen molar-refractivity contribution in [3.63, 3.8) is 0 Å². The van der Waals surface area contributed by atoms with E-state index in [1.54, 1.807) is 6.92 Å². The zero-order valence-electron chi connectivity index (χ0n) is 10.6. The van der Waals surface area contributed by atoms with Gasteiger partial charge in [0, 0.05) is 12.6 Å². The standard InChI is InChI=1S/C12H14ClF3N2O2/c1-7(4-5-19)17-11(20)18-10-3-2-8(6-9(10)13)12(14,15)16/h2-3,6-7,19H,4-5H2,1H3,(H2,17,18,20)/t7-/m1/s1. The molecule has 0 aromatic heterocycles. The first kappa shape index (κ1) is 16.6. The number of benzene rings is 1. The summed E-state index contributed by atoms with van der Waals surface area (Å²) in [5.41, 5.74) is -0.810. The number of amides is 2. The molecule has 1 aromatic rings. The summed E-state index contributed by atoms with van der Waals surface area (Å²) in [7, 11) is 0. The molecular formula is C12H14ClF3N2O2. The summed E-state index contributed by atoms with van der Waals surface area (Å²) in [4.78, 5) is 11.5. The van der Waals surface area contributed by atoms with Crippen molar-refractivity contribution in [2.24, 2.45) is 0 Å². The molecule has 0 fully saturated rings. The van der Waals surface area contributed by atoms with E-state index in [9.17, 15) is 18.0 Å². The molecule has 1 atom stereocenters. The number of anilines is 1. The topological polar surface area (TPSA) is 61.4 Å². The molecule has 0 radical (unpaired) electrons. The molecular weight excluding hydrogens is 297 g/mol. The van der Waals surface area contributed by atoms with Gasteiger partial charge in [0.1, 0.15) is 0 Å². The fourth-order valence-electron chi connectivity index (χ4n) is 1.44. The quantitative estimate of drug-likeness (QED) is 0.799. The smallest absolute Gasteiger partial charge is 0.396 e. The molecule has 0 spiro atoms. The summed E-state index contributed by atoms with van der Waals surface area (Å²) in [6.45, 7) is 1.60. The Morgan fingerprint density at radius 1 is 1.45 bits per heavy atom. The molecule has 0 aliphatic heterocycles. The molecule has 112 valence electrons. The molecule has 1 aromatic carbocycles. The zero-order valence-corrected chi connectivity index (χ0v) is 11.3. The van der Waals surface area contributed by atoms with Crippen LogP contribution in [0.4, 0.5) is 23.7 Å². The SMILES string of the molecule is C[C@H](CCO)NC(=O)Nc1ccc(C(F)(F)F)cc1Cl. The second kappa shape index (κ2) is 6.81. The lowest BCUT2D eigenvalue weighted by molar-refractivity contribution is -0.137. The van der Waals surface area contributed by atoms with E-state index in [1.165, 1.54) is 0 Å². The lowest BCUT2D eigenvalue weighted by Gasteiger charge is -2.15. The number of alkyl halides is 3. The van der Waals surface area contributed by atoms with Gasteiger partial charge in [-0.3, -0.25) is 0 Å². The van der Waals surface area contributed by atoms with Crippen LogP contribution in [0.2, 0.25) is 5.02 Å². The average Bonchev–Trinajstić information content (AvgIpc) is 2.30. The van der Waals surface area contributed by atoms with Crippen LogP contribution in [0.1, 0.15) is 18.9 Å². The minimum absolute atomic E-state index is 0.0772. The van der Waals surface area contributed by atoms with Gasteiger partial charge in [0.2, 0.25) is 0 Å². The second-order valence-corrected chi connectivity index (χ2v) is 4.61. The molecule has 3 N–H and O–H groups in total. The van der Waals surface area contributed by atoms with Gasteiger partial charge in [-0.05, 0) is 31.5 Å². The Labute approximate surface area is 118 Å². The highest BCUT2D eigenvalue weighted by molar-refractivity contribution is 6.33. The molecule has 2 amide bonds. The summed E-state index contributed by atoms with van der Waals surface area (Å²) in [5, 5.41) is 13.3. The van der Waals surface area contributed by atoms with E-state index in [2.05, 4.69) is 10.6 Å². The summed E-state index contributed by atoms with van der Waals surface area (Å²) in [6.07, 6.45) is -4.12. The summed E-state index contributed by atoms with van der Waals surface area (Å²) >= 11 is 5.69. The Morgan fingerprint density at radius 3 is 2.60 bits per heavy atom. The van der Waals surface area contributed by atoms with Crippen molar-refractivity contribution in [3.8, 4) is 0 Å². The van der Waals surface area contributed by atoms with Gasteiger partial charge >= 0.3 is 12.2 Å². The Morgan fingerprint density at radius 2 is 2.10 bits per heavy atom. The van der Waals surface area contributed by atoms with Crippen LogP contribution in [0.15, 0.2) is 18.2 Å². The Bertz CT molecular complexity index is 480. The first-order valence-electron chi connectivity index (χ1n) is 5.79. The Kier molecular flexibility index (Phi) is 5.64. The van der Waals surface area contributed by atoms with E-state index in [1.807, 2.05) is 0 Å². The monoisotopic (exact) mass is 310 g/mol. The first-order chi connectivity index (χ1) is 9.24. The van der Waals surface area contributed by atoms with Crippen molar-refractivity contribution in [1.29, 1.82) is 0 Å². The maximum Gasteiger partial charge on any atom is 0.416 e. The number of rotatable bonds is 4. The molecule has 4 nitrogen and oxygen atoms in total. The van der Waals surface area contributed by atoms with Gasteiger partial charge in [0.25, 0.3) is 0 Å². The first-order valence-corrected chi connectivity index (χ1v) is 6.17. The molecule has 20 heavy (non-hydrogen) atoms. The third kappa shape index (κ3) is 4.90. The van der Waals surface area contributed by atoms with Gasteiger partial charge in [-0.15, -0.1) is 0 Å². The lowest BCUT2D eigenvalue weighted by Crippen LogP contribution is -2.36. The molecule has 8 heteroatoms. The van der Waals surface area contributed by atoms with Crippen LogP contribution in [0.25, 0.3) is 0 Å². The van der Waals surface area contributed by atoms with E-state index < -0.39 is 17.8 Å². The van der Waals surface area contributed by atoms with E-state index >= 15 is 0 Å². The third-order valence-corrected chi connectivity index (χ3v) is 2.80. The van der Waals surface area contributed by atoms with Gasteiger partial charge in [-0.2, -0.15) is 13.2 Å². The number of nitrogens with one attached hydrogen (secondary N) is 2. The van der Waals surface area contributed by atoms with Crippen molar-refractivity contribution in [3.05, 3.63) is 28.8 Å². The number of aliphatic hydroxyl groups is 1. The zero-order chi connectivity index (χ0) is 15.3. The van der Waals surface area contributed by atoms with Crippen LogP contribution in [-0.4, -0.2) is 23.8 Å². The fraction of sp³-hybridized carbons (Fsp3) is 0.417. The van der Waals surface area contributed by atoms with Crippen LogP contribution >= 0.6 is 11.6 Å². The number of hydrogen-bond donors (Lipinski definition) is 3. The third-order valence-electron chi connectivity index (χ3n) is 2.48. The lowest BCUT2D eigenvalue weighted by atomic mass is 10.2. The highest BCUT2D eigenvalue weighted by Gasteiger charge is 2.31. The highest BCUT2D eigenvalue weighted by Crippen LogP contribution is 2.33. The van der Waals surface area contributed by atoms with Crippen molar-refractivity contribution in [2.75, 3.05) is 11.9 Å². The molecule has 0 saturated carbocycles. The van der Waals surface area contributed by atoms with Gasteiger partial charge < -0.3 is 15.7 Å². The van der Waals surface area contributed by atoms with Crippen LogP contribution in [0.3, 0.4) is 0 Å². The van der Waals surface area contributed by atoms with Crippen LogP contribution < -0.4 is 10.6 Å². The molecule has 0 aliphatic carbocycles. The summed E-state index contributed by atoms with van der Waals surface area (Å²) in [5.74, 6) is 0. The van der Waals surface area contributed by atoms with Crippen LogP contribution in [0, 0.1) is 0 Å². The minimum atomic E-state index is -4.49. The highest BCUT2D eigenvalue weighted by atomic mass is 35.5. The number of aliphatic hydroxyl groups excluding tert-OH is 1. The number of urea groups is 1. The Hall–Kier alpha value is -1.47. The van der Waals surface area contributed by atoms with Gasteiger partial charge in [-0.25, -0.2) is 4.79 Å². The number of hydrogen-bond acceptors (Lipinski definition) is 2. The normalized spacial score (nSPS) is 12.9. The predicted molar refractivity (Wildman–Crippen MR) is 69.8 cm³/mol. The van der Waals surface area contributed by atoms with Gasteiger partial charge in [0.15, 0.2) is 0 Å². The largest absolute Gasteiger partial charge is 0.416 e. The maximum absolute atomic E-state index is 12.4. The van der Waals surface area contributed by atoms with E-state index in [4.69, 9.17) is 16.7 Å². The average molecular weight is 311 g/mol. The van der Waals surface area contributed by atoms with Gasteiger partial charge in [0.05, 0.1) is 16.3 Å². The van der Waals surface area contributed by atoms with Crippen LogP contribution in [-0.2, 0) is 6.18 Å². The second-order valence-electron chi connectivity index (χ2n) is 4.20. The predicted octanol–water partition coefficient (Wildman–Crippen LogP) is 3.25. The molecule has 1 rings (SSSR count). The van der Waals surface area contributed by atoms with E-state index in [-0.39, 0.29) is 23.4 Å². The van der Waals surface area contributed by atoms with E-state index in [0.29, 0.717) is 6.42 Å². The van der Waals surface area contributed by atoms with Crippen molar-refractivity contribution >= 4 is 23.3 Å². The van der Waals surface area contributed by atoms with Crippen molar-refractivity contribution < 1.29 is 23.1 Å². The Balaban J connectivity index is 2.72. The molecule has 0 aliphatic rings. The maximum atomic E-state index is 12.4. The molecule has 0 saturated heterocycles.